The number of ether oxygens (including phenoxy) is 2. The normalized spacial score (nSPS) is 23.9. The van der Waals surface area contributed by atoms with Crippen LogP contribution in [-0.4, -0.2) is 88.7 Å². The monoisotopic (exact) mass is 560 g/mol. The lowest BCUT2D eigenvalue weighted by Crippen LogP contribution is -2.60. The van der Waals surface area contributed by atoms with Gasteiger partial charge in [-0.25, -0.2) is 0 Å². The van der Waals surface area contributed by atoms with E-state index >= 15 is 0 Å². The maximum absolute atomic E-state index is 12.9. The first-order valence-corrected chi connectivity index (χ1v) is 15.3. The van der Waals surface area contributed by atoms with Crippen molar-refractivity contribution < 1.29 is 39.5 Å². The van der Waals surface area contributed by atoms with E-state index in [0.29, 0.717) is 13.0 Å². The van der Waals surface area contributed by atoms with E-state index in [0.717, 1.165) is 51.4 Å². The third-order valence-corrected chi connectivity index (χ3v) is 7.26. The molecule has 0 aromatic carbocycles. The summed E-state index contributed by atoms with van der Waals surface area (Å²) >= 11 is 0. The summed E-state index contributed by atoms with van der Waals surface area (Å²) in [5.41, 5.74) is 0. The number of unbranched alkanes of at least 4 members (excludes halogenated alkanes) is 13. The minimum absolute atomic E-state index is 0.261. The van der Waals surface area contributed by atoms with Crippen LogP contribution >= 0.6 is 0 Å². The summed E-state index contributed by atoms with van der Waals surface area (Å²) in [5, 5.41) is 45.2. The second-order valence-electron chi connectivity index (χ2n) is 10.8. The molecular weight excluding hydrogens is 504 g/mol. The molecule has 1 aliphatic heterocycles. The lowest BCUT2D eigenvalue weighted by atomic mass is 9.99. The summed E-state index contributed by atoms with van der Waals surface area (Å²) in [6.45, 7) is 3.95. The maximum atomic E-state index is 12.9. The van der Waals surface area contributed by atoms with Gasteiger partial charge >= 0.3 is 0 Å². The van der Waals surface area contributed by atoms with Crippen LogP contribution in [0.3, 0.4) is 0 Å². The topological polar surface area (TPSA) is 158 Å². The molecule has 0 saturated carbocycles. The number of carbonyl (C=O) groups excluding carboxylic acids is 2. The average Bonchev–Trinajstić information content (AvgIpc) is 2.93. The molecule has 0 aromatic rings. The Morgan fingerprint density at radius 2 is 1.31 bits per heavy atom. The molecule has 6 N–H and O–H groups in total. The minimum atomic E-state index is -1.58. The van der Waals surface area contributed by atoms with Crippen molar-refractivity contribution in [3.8, 4) is 0 Å². The van der Waals surface area contributed by atoms with Crippen molar-refractivity contribution in [3.63, 3.8) is 0 Å². The SMILES string of the molecule is CCCCCCCCCCCCNC(=O)[C@H](CO[C@H]1O[C@H](CO)[C@H](O)[C@H](O)[C@H]1O)NC(=O)CCCCCCC. The quantitative estimate of drug-likeness (QED) is 0.104. The van der Waals surface area contributed by atoms with Gasteiger partial charge in [0.1, 0.15) is 30.5 Å². The smallest absolute Gasteiger partial charge is 0.244 e. The standard InChI is InChI=1S/C29H56N2O8/c1-3-5-7-9-10-11-12-13-15-17-19-30-28(37)22(31-24(33)18-16-14-8-6-4-2)21-38-29-27(36)26(35)25(34)23(20-32)39-29/h22-23,25-27,29,32,34-36H,3-21H2,1-2H3,(H,30,37)(H,31,33)/t22-,23+,25-,26-,27+,29-/m0/s1. The number of aliphatic hydroxyl groups is 4. The summed E-state index contributed by atoms with van der Waals surface area (Å²) in [4.78, 5) is 25.4. The third-order valence-electron chi connectivity index (χ3n) is 7.26. The average molecular weight is 561 g/mol. The lowest BCUT2D eigenvalue weighted by Gasteiger charge is -2.39. The molecule has 1 fully saturated rings. The van der Waals surface area contributed by atoms with Crippen LogP contribution in [-0.2, 0) is 19.1 Å². The molecule has 0 radical (unpaired) electrons. The Kier molecular flexibility index (Phi) is 20.5. The first-order valence-electron chi connectivity index (χ1n) is 15.3. The highest BCUT2D eigenvalue weighted by atomic mass is 16.7. The molecule has 230 valence electrons. The lowest BCUT2D eigenvalue weighted by molar-refractivity contribution is -0.301. The molecule has 1 rings (SSSR count). The maximum Gasteiger partial charge on any atom is 0.244 e. The van der Waals surface area contributed by atoms with E-state index in [4.69, 9.17) is 9.47 Å². The van der Waals surface area contributed by atoms with Crippen molar-refractivity contribution in [2.75, 3.05) is 19.8 Å². The second kappa shape index (κ2) is 22.4. The van der Waals surface area contributed by atoms with E-state index in [1.54, 1.807) is 0 Å². The van der Waals surface area contributed by atoms with E-state index in [1.807, 2.05) is 0 Å². The molecule has 1 aliphatic rings. The van der Waals surface area contributed by atoms with Crippen molar-refractivity contribution >= 4 is 11.8 Å². The van der Waals surface area contributed by atoms with Crippen molar-refractivity contribution in [2.45, 2.75) is 153 Å². The van der Waals surface area contributed by atoms with Gasteiger partial charge in [0.2, 0.25) is 11.8 Å². The van der Waals surface area contributed by atoms with Gasteiger partial charge in [0, 0.05) is 13.0 Å². The van der Waals surface area contributed by atoms with E-state index < -0.39 is 49.3 Å². The molecule has 10 nitrogen and oxygen atoms in total. The highest BCUT2D eigenvalue weighted by Crippen LogP contribution is 2.22. The zero-order valence-electron chi connectivity index (χ0n) is 24.3. The van der Waals surface area contributed by atoms with Gasteiger partial charge in [-0.2, -0.15) is 0 Å². The van der Waals surface area contributed by atoms with Gasteiger partial charge in [-0.1, -0.05) is 97.3 Å². The largest absolute Gasteiger partial charge is 0.394 e. The Labute approximate surface area is 235 Å². The molecule has 0 bridgehead atoms. The summed E-state index contributed by atoms with van der Waals surface area (Å²) in [6.07, 6.45) is 10.0. The highest BCUT2D eigenvalue weighted by Gasteiger charge is 2.44. The van der Waals surface area contributed by atoms with Crippen LogP contribution in [0.2, 0.25) is 0 Å². The molecule has 10 heteroatoms. The van der Waals surface area contributed by atoms with Gasteiger partial charge in [0.15, 0.2) is 6.29 Å². The van der Waals surface area contributed by atoms with Crippen molar-refractivity contribution in [3.05, 3.63) is 0 Å². The number of aliphatic hydroxyl groups excluding tert-OH is 4. The first-order chi connectivity index (χ1) is 18.8. The van der Waals surface area contributed by atoms with Gasteiger partial charge < -0.3 is 40.5 Å². The van der Waals surface area contributed by atoms with Crippen LogP contribution in [0.15, 0.2) is 0 Å². The van der Waals surface area contributed by atoms with Gasteiger partial charge in [0.05, 0.1) is 13.2 Å². The summed E-state index contributed by atoms with van der Waals surface area (Å²) in [5.74, 6) is -0.655. The Balaban J connectivity index is 2.50. The third kappa shape index (κ3) is 15.3. The van der Waals surface area contributed by atoms with Gasteiger partial charge in [-0.15, -0.1) is 0 Å². The van der Waals surface area contributed by atoms with Crippen LogP contribution in [0.1, 0.15) is 117 Å². The van der Waals surface area contributed by atoms with Gasteiger partial charge in [-0.3, -0.25) is 9.59 Å². The van der Waals surface area contributed by atoms with Crippen molar-refractivity contribution in [1.29, 1.82) is 0 Å². The number of amides is 2. The summed E-state index contributed by atoms with van der Waals surface area (Å²) < 4.78 is 10.9. The van der Waals surface area contributed by atoms with E-state index in [2.05, 4.69) is 24.5 Å². The zero-order chi connectivity index (χ0) is 28.9. The van der Waals surface area contributed by atoms with Crippen LogP contribution in [0, 0.1) is 0 Å². The molecule has 0 spiro atoms. The van der Waals surface area contributed by atoms with Crippen LogP contribution in [0.25, 0.3) is 0 Å². The Morgan fingerprint density at radius 3 is 1.87 bits per heavy atom. The molecule has 0 aliphatic carbocycles. The number of hydrogen-bond donors (Lipinski definition) is 6. The Bertz CT molecular complexity index is 636. The van der Waals surface area contributed by atoms with E-state index in [-0.39, 0.29) is 12.5 Å². The number of carbonyl (C=O) groups is 2. The van der Waals surface area contributed by atoms with E-state index in [9.17, 15) is 30.0 Å². The summed E-state index contributed by atoms with van der Waals surface area (Å²) in [6, 6.07) is -1.01. The van der Waals surface area contributed by atoms with Crippen molar-refractivity contribution in [2.24, 2.45) is 0 Å². The van der Waals surface area contributed by atoms with E-state index in [1.165, 1.54) is 44.9 Å². The van der Waals surface area contributed by atoms with Gasteiger partial charge in [-0.05, 0) is 12.8 Å². The van der Waals surface area contributed by atoms with Crippen LogP contribution < -0.4 is 10.6 Å². The zero-order valence-corrected chi connectivity index (χ0v) is 24.3. The fraction of sp³-hybridized carbons (Fsp3) is 0.931. The highest BCUT2D eigenvalue weighted by molar-refractivity contribution is 5.87. The molecule has 2 amide bonds. The predicted octanol–water partition coefficient (Wildman–Crippen LogP) is 2.69. The Hall–Kier alpha value is -1.30. The number of hydrogen-bond acceptors (Lipinski definition) is 8. The van der Waals surface area contributed by atoms with Crippen LogP contribution in [0.5, 0.6) is 0 Å². The molecule has 0 aromatic heterocycles. The molecule has 0 unspecified atom stereocenters. The van der Waals surface area contributed by atoms with Crippen LogP contribution in [0.4, 0.5) is 0 Å². The molecule has 1 saturated heterocycles. The summed E-state index contributed by atoms with van der Waals surface area (Å²) in [7, 11) is 0. The first kappa shape index (κ1) is 35.7. The van der Waals surface area contributed by atoms with Gasteiger partial charge in [0.25, 0.3) is 0 Å². The fourth-order valence-electron chi connectivity index (χ4n) is 4.68. The second-order valence-corrected chi connectivity index (χ2v) is 10.8. The molecule has 1 heterocycles. The molecule has 6 atom stereocenters. The van der Waals surface area contributed by atoms with Crippen molar-refractivity contribution in [1.82, 2.24) is 10.6 Å². The Morgan fingerprint density at radius 1 is 0.769 bits per heavy atom. The minimum Gasteiger partial charge on any atom is -0.394 e. The number of rotatable bonds is 23. The molecular formula is C29H56N2O8. The molecule has 39 heavy (non-hydrogen) atoms. The fourth-order valence-corrected chi connectivity index (χ4v) is 4.68. The predicted molar refractivity (Wildman–Crippen MR) is 150 cm³/mol. The number of nitrogens with one attached hydrogen (secondary N) is 2.